The van der Waals surface area contributed by atoms with Crippen LogP contribution in [0.4, 0.5) is 8.78 Å². The molecule has 0 N–H and O–H groups in total. The predicted molar refractivity (Wildman–Crippen MR) is 65.5 cm³/mol. The molecule has 0 spiro atoms. The van der Waals surface area contributed by atoms with Gasteiger partial charge in [0.1, 0.15) is 11.6 Å². The van der Waals surface area contributed by atoms with Crippen LogP contribution >= 0.6 is 0 Å². The monoisotopic (exact) mass is 230 g/mol. The van der Waals surface area contributed by atoms with Crippen molar-refractivity contribution in [3.05, 3.63) is 77.4 Å². The summed E-state index contributed by atoms with van der Waals surface area (Å²) in [5.74, 6) is -0.487. The molecule has 0 saturated carbocycles. The van der Waals surface area contributed by atoms with E-state index in [2.05, 4.69) is 0 Å². The van der Waals surface area contributed by atoms with Crippen molar-refractivity contribution >= 4 is 6.08 Å². The lowest BCUT2D eigenvalue weighted by atomic mass is 10.1. The highest BCUT2D eigenvalue weighted by atomic mass is 19.1. The Morgan fingerprint density at radius 3 is 2.29 bits per heavy atom. The van der Waals surface area contributed by atoms with Crippen LogP contribution in [0, 0.1) is 11.6 Å². The largest absolute Gasteiger partial charge is 0.207 e. The Morgan fingerprint density at radius 2 is 1.59 bits per heavy atom. The van der Waals surface area contributed by atoms with Gasteiger partial charge in [-0.2, -0.15) is 0 Å². The summed E-state index contributed by atoms with van der Waals surface area (Å²) in [6.07, 6.45) is 4.35. The van der Waals surface area contributed by atoms with Gasteiger partial charge in [-0.15, -0.1) is 0 Å². The summed E-state index contributed by atoms with van der Waals surface area (Å²) in [7, 11) is 0. The number of hydrogen-bond acceptors (Lipinski definition) is 0. The third-order valence-corrected chi connectivity index (χ3v) is 2.40. The number of rotatable bonds is 3. The van der Waals surface area contributed by atoms with E-state index in [1.54, 1.807) is 12.1 Å². The molecule has 0 bridgehead atoms. The maximum Gasteiger partial charge on any atom is 0.123 e. The smallest absolute Gasteiger partial charge is 0.123 e. The van der Waals surface area contributed by atoms with E-state index < -0.39 is 0 Å². The van der Waals surface area contributed by atoms with Gasteiger partial charge in [-0.3, -0.25) is 0 Å². The molecule has 0 aliphatic heterocycles. The molecule has 0 nitrogen and oxygen atoms in total. The highest BCUT2D eigenvalue weighted by molar-refractivity contribution is 5.49. The molecule has 0 radical (unpaired) electrons. The Hall–Kier alpha value is -1.96. The molecule has 0 unspecified atom stereocenters. The lowest BCUT2D eigenvalue weighted by Crippen LogP contribution is -1.82. The Labute approximate surface area is 99.2 Å². The molecule has 0 saturated heterocycles. The molecular formula is C15H12F2. The van der Waals surface area contributed by atoms with Crippen LogP contribution in [0.3, 0.4) is 0 Å². The fourth-order valence-corrected chi connectivity index (χ4v) is 1.61. The Kier molecular flexibility index (Phi) is 3.66. The second-order valence-electron chi connectivity index (χ2n) is 3.79. The van der Waals surface area contributed by atoms with E-state index in [0.29, 0.717) is 6.42 Å². The van der Waals surface area contributed by atoms with Crippen molar-refractivity contribution in [3.63, 3.8) is 0 Å². The number of benzene rings is 2. The fraction of sp³-hybridized carbons (Fsp3) is 0.0667. The minimum atomic E-state index is -0.252. The SMILES string of the molecule is Fc1cccc(C=CCc2cccc(F)c2)c1. The molecule has 2 aromatic rings. The van der Waals surface area contributed by atoms with E-state index in [-0.39, 0.29) is 11.6 Å². The van der Waals surface area contributed by atoms with Gasteiger partial charge in [0, 0.05) is 0 Å². The van der Waals surface area contributed by atoms with Crippen molar-refractivity contribution in [1.82, 2.24) is 0 Å². The van der Waals surface area contributed by atoms with Crippen LogP contribution in [0.15, 0.2) is 54.6 Å². The summed E-state index contributed by atoms with van der Waals surface area (Å²) < 4.78 is 25.8. The van der Waals surface area contributed by atoms with Crippen molar-refractivity contribution in [1.29, 1.82) is 0 Å². The lowest BCUT2D eigenvalue weighted by Gasteiger charge is -1.96. The number of allylic oxidation sites excluding steroid dienone is 1. The summed E-state index contributed by atoms with van der Waals surface area (Å²) in [5, 5.41) is 0. The van der Waals surface area contributed by atoms with Gasteiger partial charge in [-0.05, 0) is 41.8 Å². The van der Waals surface area contributed by atoms with E-state index >= 15 is 0 Å². The Balaban J connectivity index is 2.03. The molecular weight excluding hydrogens is 218 g/mol. The minimum absolute atomic E-state index is 0.235. The second-order valence-corrected chi connectivity index (χ2v) is 3.79. The molecule has 86 valence electrons. The maximum absolute atomic E-state index is 12.9. The van der Waals surface area contributed by atoms with Crippen molar-refractivity contribution in [2.24, 2.45) is 0 Å². The molecule has 0 aromatic heterocycles. The van der Waals surface area contributed by atoms with Crippen molar-refractivity contribution in [3.8, 4) is 0 Å². The molecule has 0 aliphatic rings. The van der Waals surface area contributed by atoms with Gasteiger partial charge in [-0.25, -0.2) is 8.78 Å². The topological polar surface area (TPSA) is 0 Å². The lowest BCUT2D eigenvalue weighted by molar-refractivity contribution is 0.626. The first-order chi connectivity index (χ1) is 8.24. The predicted octanol–water partition coefficient (Wildman–Crippen LogP) is 4.22. The number of halogens is 2. The van der Waals surface area contributed by atoms with E-state index in [0.717, 1.165) is 11.1 Å². The third kappa shape index (κ3) is 3.52. The average molecular weight is 230 g/mol. The van der Waals surface area contributed by atoms with Gasteiger partial charge in [0.05, 0.1) is 0 Å². The molecule has 0 atom stereocenters. The highest BCUT2D eigenvalue weighted by Crippen LogP contribution is 2.08. The van der Waals surface area contributed by atoms with Crippen molar-refractivity contribution in [2.75, 3.05) is 0 Å². The van der Waals surface area contributed by atoms with E-state index in [1.165, 1.54) is 24.3 Å². The summed E-state index contributed by atoms with van der Waals surface area (Å²) in [6.45, 7) is 0. The van der Waals surface area contributed by atoms with Gasteiger partial charge < -0.3 is 0 Å². The normalized spacial score (nSPS) is 10.9. The van der Waals surface area contributed by atoms with Crippen LogP contribution in [-0.2, 0) is 6.42 Å². The zero-order chi connectivity index (χ0) is 12.1. The molecule has 2 heteroatoms. The van der Waals surface area contributed by atoms with Gasteiger partial charge in [0.15, 0.2) is 0 Å². The summed E-state index contributed by atoms with van der Waals surface area (Å²) in [5.41, 5.74) is 1.71. The van der Waals surface area contributed by atoms with E-state index in [1.807, 2.05) is 24.3 Å². The molecule has 2 aromatic carbocycles. The zero-order valence-electron chi connectivity index (χ0n) is 9.24. The van der Waals surface area contributed by atoms with Crippen LogP contribution in [-0.4, -0.2) is 0 Å². The molecule has 0 aliphatic carbocycles. The van der Waals surface area contributed by atoms with Gasteiger partial charge in [0.2, 0.25) is 0 Å². The molecule has 0 heterocycles. The van der Waals surface area contributed by atoms with Crippen molar-refractivity contribution in [2.45, 2.75) is 6.42 Å². The van der Waals surface area contributed by atoms with Crippen LogP contribution in [0.1, 0.15) is 11.1 Å². The minimum Gasteiger partial charge on any atom is -0.207 e. The Morgan fingerprint density at radius 1 is 0.882 bits per heavy atom. The molecule has 17 heavy (non-hydrogen) atoms. The first-order valence-electron chi connectivity index (χ1n) is 5.40. The fourth-order valence-electron chi connectivity index (χ4n) is 1.61. The molecule has 0 fully saturated rings. The third-order valence-electron chi connectivity index (χ3n) is 2.40. The average Bonchev–Trinajstić information content (AvgIpc) is 2.29. The highest BCUT2D eigenvalue weighted by Gasteiger charge is 1.93. The van der Waals surface area contributed by atoms with Gasteiger partial charge in [-0.1, -0.05) is 36.4 Å². The van der Waals surface area contributed by atoms with Crippen LogP contribution < -0.4 is 0 Å². The summed E-state index contributed by atoms with van der Waals surface area (Å²) >= 11 is 0. The maximum atomic E-state index is 12.9. The quantitative estimate of drug-likeness (QED) is 0.740. The van der Waals surface area contributed by atoms with E-state index in [4.69, 9.17) is 0 Å². The van der Waals surface area contributed by atoms with Crippen molar-refractivity contribution < 1.29 is 8.78 Å². The zero-order valence-corrected chi connectivity index (χ0v) is 9.24. The van der Waals surface area contributed by atoms with Crippen LogP contribution in [0.5, 0.6) is 0 Å². The summed E-state index contributed by atoms with van der Waals surface area (Å²) in [4.78, 5) is 0. The van der Waals surface area contributed by atoms with Crippen LogP contribution in [0.25, 0.3) is 6.08 Å². The summed E-state index contributed by atoms with van der Waals surface area (Å²) in [6, 6.07) is 12.8. The first-order valence-corrected chi connectivity index (χ1v) is 5.40. The van der Waals surface area contributed by atoms with Gasteiger partial charge in [0.25, 0.3) is 0 Å². The Bertz CT molecular complexity index is 530. The first kappa shape index (κ1) is 11.5. The van der Waals surface area contributed by atoms with Crippen LogP contribution in [0.2, 0.25) is 0 Å². The molecule has 2 rings (SSSR count). The van der Waals surface area contributed by atoms with Gasteiger partial charge >= 0.3 is 0 Å². The number of hydrogen-bond donors (Lipinski definition) is 0. The molecule has 0 amide bonds. The standard InChI is InChI=1S/C15H12F2/c16-14-8-2-6-12(10-14)4-1-5-13-7-3-9-15(17)11-13/h1-4,6-11H,5H2. The van der Waals surface area contributed by atoms with E-state index in [9.17, 15) is 8.78 Å². The second kappa shape index (κ2) is 5.39.